The third-order valence-corrected chi connectivity index (χ3v) is 5.04. The van der Waals surface area contributed by atoms with Gasteiger partial charge in [0.25, 0.3) is 0 Å². The van der Waals surface area contributed by atoms with Gasteiger partial charge in [-0.15, -0.1) is 0 Å². The Morgan fingerprint density at radius 1 is 1.29 bits per heavy atom. The molecule has 0 aromatic heterocycles. The maximum absolute atomic E-state index is 14.4. The van der Waals surface area contributed by atoms with Crippen LogP contribution in [0, 0.1) is 23.6 Å². The fraction of sp³-hybridized carbons (Fsp3) is 0.667. The van der Waals surface area contributed by atoms with E-state index in [0.717, 1.165) is 24.4 Å². The van der Waals surface area contributed by atoms with E-state index in [9.17, 15) is 4.39 Å². The number of methoxy groups -OCH3 is 1. The molecule has 0 heterocycles. The average Bonchev–Trinajstić information content (AvgIpc) is 2.51. The zero-order chi connectivity index (χ0) is 15.2. The molecule has 1 aromatic rings. The third kappa shape index (κ3) is 3.97. The van der Waals surface area contributed by atoms with E-state index in [1.165, 1.54) is 32.8 Å². The molecule has 118 valence electrons. The first kappa shape index (κ1) is 16.3. The quantitative estimate of drug-likeness (QED) is 0.854. The molecule has 1 aliphatic rings. The van der Waals surface area contributed by atoms with Crippen LogP contribution in [0.25, 0.3) is 0 Å². The minimum atomic E-state index is -0.179. The maximum atomic E-state index is 14.4. The minimum Gasteiger partial charge on any atom is -0.494 e. The van der Waals surface area contributed by atoms with Crippen LogP contribution in [0.1, 0.15) is 38.2 Å². The molecular weight excluding hydrogens is 265 g/mol. The summed E-state index contributed by atoms with van der Waals surface area (Å²) in [6.45, 7) is 3.30. The summed E-state index contributed by atoms with van der Waals surface area (Å²) in [6, 6.07) is 5.49. The van der Waals surface area contributed by atoms with E-state index in [4.69, 9.17) is 4.74 Å². The Bertz CT molecular complexity index is 449. The summed E-state index contributed by atoms with van der Waals surface area (Å²) < 4.78 is 19.5. The lowest BCUT2D eigenvalue weighted by atomic mass is 9.71. The normalized spacial score (nSPS) is 25.8. The second-order valence-corrected chi connectivity index (χ2v) is 6.30. The molecular formula is C18H28FNO. The van der Waals surface area contributed by atoms with Crippen molar-refractivity contribution in [2.24, 2.45) is 17.8 Å². The Morgan fingerprint density at radius 2 is 2.10 bits per heavy atom. The van der Waals surface area contributed by atoms with Crippen molar-refractivity contribution in [2.45, 2.75) is 39.0 Å². The molecule has 0 spiro atoms. The Morgan fingerprint density at radius 3 is 2.76 bits per heavy atom. The van der Waals surface area contributed by atoms with Crippen LogP contribution in [0.4, 0.5) is 4.39 Å². The summed E-state index contributed by atoms with van der Waals surface area (Å²) in [5, 5.41) is 3.30. The van der Waals surface area contributed by atoms with Crippen LogP contribution in [0.15, 0.2) is 18.2 Å². The summed E-state index contributed by atoms with van der Waals surface area (Å²) in [6.07, 6.45) is 5.87. The van der Waals surface area contributed by atoms with Gasteiger partial charge < -0.3 is 10.1 Å². The van der Waals surface area contributed by atoms with Gasteiger partial charge in [-0.05, 0) is 62.2 Å². The van der Waals surface area contributed by atoms with Crippen molar-refractivity contribution in [3.8, 4) is 5.75 Å². The van der Waals surface area contributed by atoms with Crippen molar-refractivity contribution < 1.29 is 9.13 Å². The first-order valence-corrected chi connectivity index (χ1v) is 8.15. The molecule has 2 rings (SSSR count). The van der Waals surface area contributed by atoms with Gasteiger partial charge in [0.1, 0.15) is 0 Å². The summed E-state index contributed by atoms with van der Waals surface area (Å²) in [5.41, 5.74) is 0.803. The van der Waals surface area contributed by atoms with Crippen LogP contribution in [-0.4, -0.2) is 20.7 Å². The molecule has 1 aromatic carbocycles. The first-order chi connectivity index (χ1) is 10.2. The number of benzene rings is 1. The second kappa shape index (κ2) is 7.79. The van der Waals surface area contributed by atoms with Gasteiger partial charge in [-0.2, -0.15) is 0 Å². The number of ether oxygens (including phenoxy) is 1. The molecule has 1 saturated carbocycles. The van der Waals surface area contributed by atoms with Crippen LogP contribution in [0.3, 0.4) is 0 Å². The zero-order valence-electron chi connectivity index (χ0n) is 13.5. The molecule has 1 N–H and O–H groups in total. The Hall–Kier alpha value is -1.09. The molecule has 3 unspecified atom stereocenters. The van der Waals surface area contributed by atoms with Gasteiger partial charge in [0.2, 0.25) is 0 Å². The highest BCUT2D eigenvalue weighted by Gasteiger charge is 2.30. The van der Waals surface area contributed by atoms with Crippen molar-refractivity contribution in [1.29, 1.82) is 0 Å². The van der Waals surface area contributed by atoms with Gasteiger partial charge in [-0.1, -0.05) is 31.9 Å². The number of nitrogens with one attached hydrogen (secondary N) is 1. The van der Waals surface area contributed by atoms with Crippen LogP contribution in [0.2, 0.25) is 0 Å². The fourth-order valence-electron chi connectivity index (χ4n) is 3.73. The van der Waals surface area contributed by atoms with E-state index in [2.05, 4.69) is 12.2 Å². The zero-order valence-corrected chi connectivity index (χ0v) is 13.5. The predicted molar refractivity (Wildman–Crippen MR) is 85.2 cm³/mol. The van der Waals surface area contributed by atoms with E-state index in [-0.39, 0.29) is 5.82 Å². The highest BCUT2D eigenvalue weighted by molar-refractivity contribution is 5.31. The smallest absolute Gasteiger partial charge is 0.168 e. The van der Waals surface area contributed by atoms with Crippen molar-refractivity contribution >= 4 is 0 Å². The second-order valence-electron chi connectivity index (χ2n) is 6.30. The van der Waals surface area contributed by atoms with Gasteiger partial charge in [0.05, 0.1) is 7.11 Å². The van der Waals surface area contributed by atoms with E-state index in [1.54, 1.807) is 6.07 Å². The van der Waals surface area contributed by atoms with Crippen molar-refractivity contribution in [3.05, 3.63) is 29.6 Å². The van der Waals surface area contributed by atoms with Crippen LogP contribution in [0.5, 0.6) is 5.75 Å². The lowest BCUT2D eigenvalue weighted by molar-refractivity contribution is 0.172. The third-order valence-electron chi connectivity index (χ3n) is 5.04. The number of hydrogen-bond donors (Lipinski definition) is 1. The van der Waals surface area contributed by atoms with Gasteiger partial charge in [0.15, 0.2) is 11.6 Å². The minimum absolute atomic E-state index is 0.179. The van der Waals surface area contributed by atoms with Crippen LogP contribution >= 0.6 is 0 Å². The molecule has 2 nitrogen and oxygen atoms in total. The summed E-state index contributed by atoms with van der Waals surface area (Å²) in [5.74, 6) is 2.21. The summed E-state index contributed by atoms with van der Waals surface area (Å²) in [4.78, 5) is 0. The highest BCUT2D eigenvalue weighted by atomic mass is 19.1. The predicted octanol–water partition coefficient (Wildman–Crippen LogP) is 4.04. The van der Waals surface area contributed by atoms with Gasteiger partial charge in [0, 0.05) is 0 Å². The topological polar surface area (TPSA) is 21.3 Å². The molecule has 0 radical (unpaired) electrons. The van der Waals surface area contributed by atoms with Crippen molar-refractivity contribution in [2.75, 3.05) is 20.7 Å². The molecule has 3 atom stereocenters. The van der Waals surface area contributed by atoms with Gasteiger partial charge >= 0.3 is 0 Å². The standard InChI is InChI=1S/C18H28FNO/c1-4-13-8-9-15(12-20-2)16(10-13)11-14-6-5-7-17(21-3)18(14)19/h5-7,13,15-16,20H,4,8-12H2,1-3H3. The van der Waals surface area contributed by atoms with E-state index < -0.39 is 0 Å². The number of hydrogen-bond acceptors (Lipinski definition) is 2. The van der Waals surface area contributed by atoms with E-state index in [0.29, 0.717) is 17.6 Å². The highest BCUT2D eigenvalue weighted by Crippen LogP contribution is 2.38. The molecule has 0 amide bonds. The lowest BCUT2D eigenvalue weighted by Gasteiger charge is -2.36. The SMILES string of the molecule is CCC1CCC(CNC)C(Cc2cccc(OC)c2F)C1. The van der Waals surface area contributed by atoms with E-state index >= 15 is 0 Å². The Kier molecular flexibility index (Phi) is 6.04. The van der Waals surface area contributed by atoms with Crippen molar-refractivity contribution in [3.63, 3.8) is 0 Å². The first-order valence-electron chi connectivity index (χ1n) is 8.15. The van der Waals surface area contributed by atoms with Gasteiger partial charge in [-0.25, -0.2) is 4.39 Å². The largest absolute Gasteiger partial charge is 0.494 e. The number of halogens is 1. The summed E-state index contributed by atoms with van der Waals surface area (Å²) in [7, 11) is 3.54. The molecule has 0 aliphatic heterocycles. The van der Waals surface area contributed by atoms with Gasteiger partial charge in [-0.3, -0.25) is 0 Å². The Balaban J connectivity index is 2.13. The monoisotopic (exact) mass is 293 g/mol. The molecule has 21 heavy (non-hydrogen) atoms. The maximum Gasteiger partial charge on any atom is 0.168 e. The van der Waals surface area contributed by atoms with Crippen LogP contribution in [-0.2, 0) is 6.42 Å². The molecule has 0 bridgehead atoms. The average molecular weight is 293 g/mol. The molecule has 1 aliphatic carbocycles. The number of rotatable bonds is 6. The fourth-order valence-corrected chi connectivity index (χ4v) is 3.73. The molecule has 1 fully saturated rings. The molecule has 3 heteroatoms. The van der Waals surface area contributed by atoms with Crippen LogP contribution < -0.4 is 10.1 Å². The Labute approximate surface area is 128 Å². The van der Waals surface area contributed by atoms with Crippen molar-refractivity contribution in [1.82, 2.24) is 5.32 Å². The molecule has 0 saturated heterocycles. The van der Waals surface area contributed by atoms with E-state index in [1.807, 2.05) is 19.2 Å². The summed E-state index contributed by atoms with van der Waals surface area (Å²) >= 11 is 0. The lowest BCUT2D eigenvalue weighted by Crippen LogP contribution is -2.33.